The van der Waals surface area contributed by atoms with E-state index in [4.69, 9.17) is 5.26 Å². The van der Waals surface area contributed by atoms with E-state index in [1.165, 1.54) is 0 Å². The zero-order chi connectivity index (χ0) is 11.2. The zero-order valence-corrected chi connectivity index (χ0v) is 8.67. The Labute approximate surface area is 94.5 Å². The Morgan fingerprint density at radius 3 is 2.56 bits per heavy atom. The van der Waals surface area contributed by atoms with Gasteiger partial charge in [-0.3, -0.25) is 4.99 Å². The zero-order valence-electron chi connectivity index (χ0n) is 8.67. The van der Waals surface area contributed by atoms with Crippen LogP contribution < -0.4 is 0 Å². The first-order valence-electron chi connectivity index (χ1n) is 4.98. The lowest BCUT2D eigenvalue weighted by molar-refractivity contribution is 1.47. The van der Waals surface area contributed by atoms with Crippen molar-refractivity contribution in [3.63, 3.8) is 0 Å². The Morgan fingerprint density at radius 1 is 1.00 bits per heavy atom. The monoisotopic (exact) mass is 206 g/mol. The van der Waals surface area contributed by atoms with Crippen molar-refractivity contribution in [1.82, 2.24) is 0 Å². The fourth-order valence-electron chi connectivity index (χ4n) is 1.35. The molecule has 0 heterocycles. The normalized spacial score (nSPS) is 10.2. The summed E-state index contributed by atoms with van der Waals surface area (Å²) in [7, 11) is 0. The SMILES string of the molecule is N#Cc1cccc(/C=N/c2ccccc2)c1. The third kappa shape index (κ3) is 2.55. The Bertz CT molecular complexity index is 536. The van der Waals surface area contributed by atoms with Gasteiger partial charge in [0.05, 0.1) is 17.3 Å². The molecule has 0 aliphatic rings. The highest BCUT2D eigenvalue weighted by atomic mass is 14.7. The molecular weight excluding hydrogens is 196 g/mol. The first-order chi connectivity index (χ1) is 7.88. The van der Waals surface area contributed by atoms with E-state index >= 15 is 0 Å². The summed E-state index contributed by atoms with van der Waals surface area (Å²) in [6.45, 7) is 0. The topological polar surface area (TPSA) is 36.1 Å². The highest BCUT2D eigenvalue weighted by Crippen LogP contribution is 2.10. The molecule has 2 aromatic rings. The Hall–Kier alpha value is -2.40. The molecule has 0 aliphatic heterocycles. The first-order valence-corrected chi connectivity index (χ1v) is 4.98. The molecule has 2 rings (SSSR count). The number of nitriles is 1. The molecule has 0 saturated carbocycles. The number of benzene rings is 2. The maximum Gasteiger partial charge on any atom is 0.0991 e. The number of rotatable bonds is 2. The summed E-state index contributed by atoms with van der Waals surface area (Å²) < 4.78 is 0. The van der Waals surface area contributed by atoms with Crippen LogP contribution in [0.3, 0.4) is 0 Å². The molecule has 2 nitrogen and oxygen atoms in total. The van der Waals surface area contributed by atoms with Crippen LogP contribution in [0.2, 0.25) is 0 Å². The molecule has 0 N–H and O–H groups in total. The summed E-state index contributed by atoms with van der Waals surface area (Å²) in [5.41, 5.74) is 2.49. The average Bonchev–Trinajstić information content (AvgIpc) is 2.38. The van der Waals surface area contributed by atoms with E-state index in [0.717, 1.165) is 11.3 Å². The summed E-state index contributed by atoms with van der Waals surface area (Å²) >= 11 is 0. The van der Waals surface area contributed by atoms with Gasteiger partial charge in [-0.25, -0.2) is 0 Å². The Balaban J connectivity index is 2.21. The highest BCUT2D eigenvalue weighted by Gasteiger charge is 1.91. The van der Waals surface area contributed by atoms with Crippen molar-refractivity contribution in [3.05, 3.63) is 65.7 Å². The molecule has 0 aromatic heterocycles. The molecule has 0 fully saturated rings. The first kappa shape index (κ1) is 10.1. The van der Waals surface area contributed by atoms with Crippen LogP contribution >= 0.6 is 0 Å². The third-order valence-corrected chi connectivity index (χ3v) is 2.13. The molecule has 2 heteroatoms. The van der Waals surface area contributed by atoms with Crippen LogP contribution in [0.4, 0.5) is 5.69 Å². The summed E-state index contributed by atoms with van der Waals surface area (Å²) in [4.78, 5) is 4.32. The lowest BCUT2D eigenvalue weighted by atomic mass is 10.1. The second-order valence-electron chi connectivity index (χ2n) is 3.33. The van der Waals surface area contributed by atoms with Gasteiger partial charge < -0.3 is 0 Å². The maximum atomic E-state index is 8.75. The van der Waals surface area contributed by atoms with Crippen molar-refractivity contribution in [3.8, 4) is 6.07 Å². The maximum absolute atomic E-state index is 8.75. The summed E-state index contributed by atoms with van der Waals surface area (Å²) in [6.07, 6.45) is 1.76. The standard InChI is InChI=1S/C14H10N2/c15-10-12-5-4-6-13(9-12)11-16-14-7-2-1-3-8-14/h1-9,11H/b16-11+. The molecule has 0 spiro atoms. The molecular formula is C14H10N2. The van der Waals surface area contributed by atoms with E-state index in [9.17, 15) is 0 Å². The van der Waals surface area contributed by atoms with Crippen molar-refractivity contribution in [1.29, 1.82) is 5.26 Å². The molecule has 2 aromatic carbocycles. The molecule has 0 unspecified atom stereocenters. The second kappa shape index (κ2) is 4.90. The van der Waals surface area contributed by atoms with Crippen LogP contribution in [-0.4, -0.2) is 6.21 Å². The van der Waals surface area contributed by atoms with E-state index in [-0.39, 0.29) is 0 Å². The van der Waals surface area contributed by atoms with Crippen molar-refractivity contribution >= 4 is 11.9 Å². The minimum absolute atomic E-state index is 0.650. The molecule has 0 saturated heterocycles. The van der Waals surface area contributed by atoms with Crippen LogP contribution in [-0.2, 0) is 0 Å². The van der Waals surface area contributed by atoms with Gasteiger partial charge in [0, 0.05) is 6.21 Å². The second-order valence-corrected chi connectivity index (χ2v) is 3.33. The van der Waals surface area contributed by atoms with Crippen LogP contribution in [0, 0.1) is 11.3 Å². The number of hydrogen-bond acceptors (Lipinski definition) is 2. The van der Waals surface area contributed by atoms with Crippen molar-refractivity contribution < 1.29 is 0 Å². The van der Waals surface area contributed by atoms with Crippen molar-refractivity contribution in [2.24, 2.45) is 4.99 Å². The van der Waals surface area contributed by atoms with Crippen LogP contribution in [0.15, 0.2) is 59.6 Å². The largest absolute Gasteiger partial charge is 0.256 e. The fraction of sp³-hybridized carbons (Fsp3) is 0. The average molecular weight is 206 g/mol. The lowest BCUT2D eigenvalue weighted by Gasteiger charge is -1.94. The van der Waals surface area contributed by atoms with Gasteiger partial charge >= 0.3 is 0 Å². The number of aliphatic imine (C=N–C) groups is 1. The number of para-hydroxylation sites is 1. The summed E-state index contributed by atoms with van der Waals surface area (Å²) in [6, 6.07) is 19.2. The van der Waals surface area contributed by atoms with Gasteiger partial charge in [0.25, 0.3) is 0 Å². The van der Waals surface area contributed by atoms with Gasteiger partial charge in [-0.15, -0.1) is 0 Å². The van der Waals surface area contributed by atoms with E-state index < -0.39 is 0 Å². The molecule has 0 aliphatic carbocycles. The summed E-state index contributed by atoms with van der Waals surface area (Å²) in [5.74, 6) is 0. The molecule has 76 valence electrons. The molecule has 0 amide bonds. The minimum atomic E-state index is 0.650. The molecule has 0 bridgehead atoms. The van der Waals surface area contributed by atoms with E-state index in [1.54, 1.807) is 12.3 Å². The van der Waals surface area contributed by atoms with Crippen molar-refractivity contribution in [2.75, 3.05) is 0 Å². The quantitative estimate of drug-likeness (QED) is 0.694. The number of nitrogens with zero attached hydrogens (tertiary/aromatic N) is 2. The number of hydrogen-bond donors (Lipinski definition) is 0. The van der Waals surface area contributed by atoms with Crippen LogP contribution in [0.25, 0.3) is 0 Å². The smallest absolute Gasteiger partial charge is 0.0991 e. The Morgan fingerprint density at radius 2 is 1.81 bits per heavy atom. The van der Waals surface area contributed by atoms with Gasteiger partial charge in [-0.05, 0) is 29.8 Å². The Kier molecular flexibility index (Phi) is 3.10. The summed E-state index contributed by atoms with van der Waals surface area (Å²) in [5, 5.41) is 8.75. The predicted molar refractivity (Wildman–Crippen MR) is 64.9 cm³/mol. The molecule has 16 heavy (non-hydrogen) atoms. The van der Waals surface area contributed by atoms with E-state index in [2.05, 4.69) is 11.1 Å². The van der Waals surface area contributed by atoms with E-state index in [1.807, 2.05) is 48.5 Å². The van der Waals surface area contributed by atoms with E-state index in [0.29, 0.717) is 5.56 Å². The molecule has 0 radical (unpaired) electrons. The third-order valence-electron chi connectivity index (χ3n) is 2.13. The van der Waals surface area contributed by atoms with Crippen LogP contribution in [0.1, 0.15) is 11.1 Å². The van der Waals surface area contributed by atoms with Gasteiger partial charge in [0.2, 0.25) is 0 Å². The van der Waals surface area contributed by atoms with Gasteiger partial charge in [0.1, 0.15) is 0 Å². The lowest BCUT2D eigenvalue weighted by Crippen LogP contribution is -1.81. The van der Waals surface area contributed by atoms with Gasteiger partial charge in [0.15, 0.2) is 0 Å². The molecule has 0 atom stereocenters. The van der Waals surface area contributed by atoms with Gasteiger partial charge in [-0.2, -0.15) is 5.26 Å². The van der Waals surface area contributed by atoms with Crippen molar-refractivity contribution in [2.45, 2.75) is 0 Å². The van der Waals surface area contributed by atoms with Gasteiger partial charge in [-0.1, -0.05) is 30.3 Å². The van der Waals surface area contributed by atoms with Crippen LogP contribution in [0.5, 0.6) is 0 Å². The highest BCUT2D eigenvalue weighted by molar-refractivity contribution is 5.82. The fourth-order valence-corrected chi connectivity index (χ4v) is 1.35. The minimum Gasteiger partial charge on any atom is -0.256 e. The predicted octanol–water partition coefficient (Wildman–Crippen LogP) is 3.31.